The van der Waals surface area contributed by atoms with Gasteiger partial charge in [0.25, 0.3) is 5.91 Å². The van der Waals surface area contributed by atoms with Crippen LogP contribution in [0.3, 0.4) is 0 Å². The molecule has 1 aliphatic carbocycles. The van der Waals surface area contributed by atoms with E-state index >= 15 is 0 Å². The van der Waals surface area contributed by atoms with Crippen LogP contribution in [0, 0.1) is 17.7 Å². The van der Waals surface area contributed by atoms with Gasteiger partial charge in [-0.1, -0.05) is 38.3 Å². The fourth-order valence-electron chi connectivity index (χ4n) is 2.84. The van der Waals surface area contributed by atoms with Gasteiger partial charge in [0, 0.05) is 11.1 Å². The first kappa shape index (κ1) is 17.9. The zero-order chi connectivity index (χ0) is 17.0. The molecule has 23 heavy (non-hydrogen) atoms. The number of benzene rings is 1. The number of hydrogen-bond acceptors (Lipinski definition) is 2. The van der Waals surface area contributed by atoms with Crippen molar-refractivity contribution in [2.45, 2.75) is 39.2 Å². The lowest BCUT2D eigenvalue weighted by Crippen LogP contribution is -2.52. The van der Waals surface area contributed by atoms with Gasteiger partial charge in [0.1, 0.15) is 5.82 Å². The Labute approximate surface area is 146 Å². The Balaban J connectivity index is 1.86. The summed E-state index contributed by atoms with van der Waals surface area (Å²) in [6.07, 6.45) is 3.43. The summed E-state index contributed by atoms with van der Waals surface area (Å²) >= 11 is 11.0. The zero-order valence-corrected chi connectivity index (χ0v) is 14.7. The minimum atomic E-state index is -0.637. The number of carbonyl (C=O) groups is 1. The van der Waals surface area contributed by atoms with Crippen molar-refractivity contribution in [2.75, 3.05) is 0 Å². The second-order valence-corrected chi connectivity index (χ2v) is 6.90. The molecule has 2 rings (SSSR count). The van der Waals surface area contributed by atoms with Gasteiger partial charge in [-0.25, -0.2) is 4.39 Å². The molecule has 7 heteroatoms. The van der Waals surface area contributed by atoms with E-state index in [4.69, 9.17) is 23.8 Å². The van der Waals surface area contributed by atoms with E-state index in [0.29, 0.717) is 22.0 Å². The lowest BCUT2D eigenvalue weighted by atomic mass is 9.78. The molecule has 1 saturated carbocycles. The van der Waals surface area contributed by atoms with Crippen LogP contribution in [0.25, 0.3) is 0 Å². The van der Waals surface area contributed by atoms with E-state index in [2.05, 4.69) is 30.0 Å². The molecule has 1 aromatic carbocycles. The normalized spacial score (nSPS) is 23.9. The predicted octanol–water partition coefficient (Wildman–Crippen LogP) is 3.41. The zero-order valence-electron chi connectivity index (χ0n) is 13.2. The molecule has 1 aliphatic rings. The molecule has 0 heterocycles. The molecule has 126 valence electrons. The number of halogens is 2. The van der Waals surface area contributed by atoms with Crippen LogP contribution in [0.1, 0.15) is 43.5 Å². The van der Waals surface area contributed by atoms with Crippen molar-refractivity contribution in [1.82, 2.24) is 16.2 Å². The molecule has 1 amide bonds. The molecule has 4 nitrogen and oxygen atoms in total. The van der Waals surface area contributed by atoms with Crippen LogP contribution in [0.5, 0.6) is 0 Å². The Morgan fingerprint density at radius 1 is 1.30 bits per heavy atom. The van der Waals surface area contributed by atoms with Crippen molar-refractivity contribution in [3.05, 3.63) is 34.6 Å². The Morgan fingerprint density at radius 3 is 2.78 bits per heavy atom. The topological polar surface area (TPSA) is 53.2 Å². The van der Waals surface area contributed by atoms with Crippen molar-refractivity contribution < 1.29 is 9.18 Å². The summed E-state index contributed by atoms with van der Waals surface area (Å²) in [5, 5.41) is 3.84. The summed E-state index contributed by atoms with van der Waals surface area (Å²) in [6.45, 7) is 4.43. The Morgan fingerprint density at radius 2 is 2.04 bits per heavy atom. The molecule has 0 unspecified atom stereocenters. The number of hydrazine groups is 1. The summed E-state index contributed by atoms with van der Waals surface area (Å²) in [5.41, 5.74) is 4.88. The minimum absolute atomic E-state index is 0.132. The van der Waals surface area contributed by atoms with E-state index in [1.165, 1.54) is 18.6 Å². The second-order valence-electron chi connectivity index (χ2n) is 6.05. The van der Waals surface area contributed by atoms with Crippen molar-refractivity contribution >= 4 is 34.8 Å². The highest BCUT2D eigenvalue weighted by Crippen LogP contribution is 2.29. The number of hydrogen-bond donors (Lipinski definition) is 3. The van der Waals surface area contributed by atoms with E-state index < -0.39 is 11.7 Å². The van der Waals surface area contributed by atoms with E-state index in [9.17, 15) is 9.18 Å². The maximum atomic E-state index is 13.6. The maximum Gasteiger partial charge on any atom is 0.272 e. The lowest BCUT2D eigenvalue weighted by Gasteiger charge is -2.35. The van der Waals surface area contributed by atoms with Gasteiger partial charge in [-0.05, 0) is 48.7 Å². The summed E-state index contributed by atoms with van der Waals surface area (Å²) in [7, 11) is 0. The Hall–Kier alpha value is -1.40. The standard InChI is InChI=1S/C16H21ClFN3OS/c1-9-4-3-5-14(10(9)2)19-16(23)21-20-15(22)12-8-11(17)6-7-13(12)18/h6-10,14H,3-5H2,1-2H3,(H,20,22)(H2,19,21,23)/t9-,10-,14-/m1/s1. The highest BCUT2D eigenvalue weighted by molar-refractivity contribution is 7.80. The first-order valence-electron chi connectivity index (χ1n) is 7.70. The molecule has 0 saturated heterocycles. The molecular weight excluding hydrogens is 337 g/mol. The Bertz CT molecular complexity index is 599. The molecule has 1 fully saturated rings. The number of nitrogens with one attached hydrogen (secondary N) is 3. The third kappa shape index (κ3) is 4.78. The van der Waals surface area contributed by atoms with E-state index in [1.54, 1.807) is 0 Å². The third-order valence-corrected chi connectivity index (χ3v) is 4.94. The third-order valence-electron chi connectivity index (χ3n) is 4.49. The minimum Gasteiger partial charge on any atom is -0.358 e. The lowest BCUT2D eigenvalue weighted by molar-refractivity contribution is 0.0939. The molecule has 3 atom stereocenters. The van der Waals surface area contributed by atoms with E-state index in [-0.39, 0.29) is 11.6 Å². The first-order chi connectivity index (χ1) is 10.9. The molecule has 0 aromatic heterocycles. The van der Waals surface area contributed by atoms with Crippen molar-refractivity contribution in [1.29, 1.82) is 0 Å². The van der Waals surface area contributed by atoms with E-state index in [0.717, 1.165) is 18.9 Å². The molecule has 3 N–H and O–H groups in total. The van der Waals surface area contributed by atoms with Crippen LogP contribution < -0.4 is 16.2 Å². The molecule has 1 aromatic rings. The monoisotopic (exact) mass is 357 g/mol. The van der Waals surface area contributed by atoms with E-state index in [1.807, 2.05) is 0 Å². The van der Waals surface area contributed by atoms with Gasteiger partial charge >= 0.3 is 0 Å². The van der Waals surface area contributed by atoms with Gasteiger partial charge in [0.15, 0.2) is 5.11 Å². The fraction of sp³-hybridized carbons (Fsp3) is 0.500. The molecule has 0 radical (unpaired) electrons. The van der Waals surface area contributed by atoms with Crippen molar-refractivity contribution in [3.63, 3.8) is 0 Å². The van der Waals surface area contributed by atoms with Gasteiger partial charge < -0.3 is 5.32 Å². The van der Waals surface area contributed by atoms with Gasteiger partial charge in [-0.2, -0.15) is 0 Å². The van der Waals surface area contributed by atoms with Crippen LogP contribution in [-0.4, -0.2) is 17.1 Å². The quantitative estimate of drug-likeness (QED) is 0.561. The molecule has 0 aliphatic heterocycles. The average Bonchev–Trinajstić information content (AvgIpc) is 2.52. The first-order valence-corrected chi connectivity index (χ1v) is 8.49. The van der Waals surface area contributed by atoms with Crippen molar-refractivity contribution in [2.24, 2.45) is 11.8 Å². The Kier molecular flexibility index (Phi) is 6.18. The van der Waals surface area contributed by atoms with Gasteiger partial charge in [-0.3, -0.25) is 15.6 Å². The summed E-state index contributed by atoms with van der Waals surface area (Å²) < 4.78 is 13.6. The van der Waals surface area contributed by atoms with Gasteiger partial charge in [0.05, 0.1) is 5.56 Å². The predicted molar refractivity (Wildman–Crippen MR) is 93.7 cm³/mol. The number of amides is 1. The molecule has 0 spiro atoms. The highest BCUT2D eigenvalue weighted by Gasteiger charge is 2.27. The summed E-state index contributed by atoms with van der Waals surface area (Å²) in [5.74, 6) is -0.120. The van der Waals surface area contributed by atoms with Gasteiger partial charge in [0.2, 0.25) is 0 Å². The smallest absolute Gasteiger partial charge is 0.272 e. The SMILES string of the molecule is C[C@@H]1[C@H](C)CCC[C@H]1NC(=S)NNC(=O)c1cc(Cl)ccc1F. The number of carbonyl (C=O) groups excluding carboxylic acids is 1. The van der Waals surface area contributed by atoms with Crippen molar-refractivity contribution in [3.8, 4) is 0 Å². The molecule has 0 bridgehead atoms. The number of rotatable bonds is 2. The van der Waals surface area contributed by atoms with Crippen LogP contribution in [-0.2, 0) is 0 Å². The van der Waals surface area contributed by atoms with Gasteiger partial charge in [-0.15, -0.1) is 0 Å². The van der Waals surface area contributed by atoms with Crippen LogP contribution in [0.2, 0.25) is 5.02 Å². The molecular formula is C16H21ClFN3OS. The largest absolute Gasteiger partial charge is 0.358 e. The fourth-order valence-corrected chi connectivity index (χ4v) is 3.22. The summed E-state index contributed by atoms with van der Waals surface area (Å²) in [6, 6.07) is 4.09. The number of thiocarbonyl (C=S) groups is 1. The summed E-state index contributed by atoms with van der Waals surface area (Å²) in [4.78, 5) is 12.0. The van der Waals surface area contributed by atoms with Crippen LogP contribution in [0.15, 0.2) is 18.2 Å². The maximum absolute atomic E-state index is 13.6. The highest BCUT2D eigenvalue weighted by atomic mass is 35.5. The second kappa shape index (κ2) is 7.93. The van der Waals surface area contributed by atoms with Crippen LogP contribution >= 0.6 is 23.8 Å². The average molecular weight is 358 g/mol. The van der Waals surface area contributed by atoms with Crippen LogP contribution in [0.4, 0.5) is 4.39 Å².